The average Bonchev–Trinajstić information content (AvgIpc) is 2.75. The van der Waals surface area contributed by atoms with Crippen LogP contribution in [0.5, 0.6) is 0 Å². The lowest BCUT2D eigenvalue weighted by Gasteiger charge is -2.27. The number of amides is 1. The van der Waals surface area contributed by atoms with E-state index in [2.05, 4.69) is 5.10 Å². The molecule has 20 heavy (non-hydrogen) atoms. The highest BCUT2D eigenvalue weighted by molar-refractivity contribution is 6.53. The van der Waals surface area contributed by atoms with E-state index in [1.807, 2.05) is 0 Å². The number of nitrogens with zero attached hydrogens (tertiary/aromatic N) is 3. The number of aryl methyl sites for hydroxylation is 1. The normalized spacial score (nSPS) is 14.3. The van der Waals surface area contributed by atoms with E-state index >= 15 is 0 Å². The largest absolute Gasteiger partial charge is 0.461 e. The average molecular weight is 320 g/mol. The Morgan fingerprint density at radius 1 is 1.45 bits per heavy atom. The van der Waals surface area contributed by atoms with E-state index in [0.717, 1.165) is 5.69 Å². The molecule has 0 saturated heterocycles. The highest BCUT2D eigenvalue weighted by atomic mass is 35.5. The monoisotopic (exact) mass is 319 g/mol. The number of alkyl halides is 2. The quantitative estimate of drug-likeness (QED) is 0.622. The van der Waals surface area contributed by atoms with Crippen molar-refractivity contribution in [1.82, 2.24) is 14.7 Å². The molecule has 6 nitrogen and oxygen atoms in total. The van der Waals surface area contributed by atoms with E-state index in [9.17, 15) is 9.59 Å². The minimum absolute atomic E-state index is 0.252. The third-order valence-corrected chi connectivity index (χ3v) is 3.58. The van der Waals surface area contributed by atoms with Crippen molar-refractivity contribution in [3.8, 4) is 0 Å². The summed E-state index contributed by atoms with van der Waals surface area (Å²) in [7, 11) is 1.77. The van der Waals surface area contributed by atoms with Crippen molar-refractivity contribution in [2.24, 2.45) is 7.05 Å². The lowest BCUT2D eigenvalue weighted by Crippen LogP contribution is -2.39. The van der Waals surface area contributed by atoms with E-state index in [1.54, 1.807) is 18.7 Å². The number of aromatic nitrogens is 2. The van der Waals surface area contributed by atoms with Gasteiger partial charge in [0.1, 0.15) is 0 Å². The van der Waals surface area contributed by atoms with Gasteiger partial charge in [-0.2, -0.15) is 5.10 Å². The molecule has 0 radical (unpaired) electrons. The Kier molecular flexibility index (Phi) is 4.55. The lowest BCUT2D eigenvalue weighted by molar-refractivity contribution is -0.130. The molecule has 0 saturated carbocycles. The molecule has 8 heteroatoms. The molecule has 0 fully saturated rings. The van der Waals surface area contributed by atoms with Crippen molar-refractivity contribution in [2.75, 3.05) is 13.2 Å². The third-order valence-electron chi connectivity index (χ3n) is 3.21. The molecule has 0 aromatic carbocycles. The number of ether oxygens (including phenoxy) is 1. The summed E-state index contributed by atoms with van der Waals surface area (Å²) in [5.74, 6) is -0.843. The molecular weight excluding hydrogens is 305 g/mol. The Morgan fingerprint density at radius 2 is 2.15 bits per heavy atom. The number of hydrogen-bond acceptors (Lipinski definition) is 4. The van der Waals surface area contributed by atoms with E-state index in [-0.39, 0.29) is 24.8 Å². The zero-order chi connectivity index (χ0) is 14.9. The molecule has 1 aliphatic rings. The highest BCUT2D eigenvalue weighted by Crippen LogP contribution is 2.24. The van der Waals surface area contributed by atoms with Gasteiger partial charge in [0.15, 0.2) is 10.5 Å². The zero-order valence-corrected chi connectivity index (χ0v) is 12.7. The SMILES string of the molecule is CCOC(=O)c1nn(C)c2c1CN(C(=O)C(Cl)Cl)CC2. The maximum Gasteiger partial charge on any atom is 0.359 e. The second-order valence-electron chi connectivity index (χ2n) is 4.43. The van der Waals surface area contributed by atoms with Crippen LogP contribution in [0.25, 0.3) is 0 Å². The predicted octanol–water partition coefficient (Wildman–Crippen LogP) is 1.29. The molecule has 0 N–H and O–H groups in total. The van der Waals surface area contributed by atoms with Gasteiger partial charge in [-0.25, -0.2) is 4.79 Å². The molecule has 0 aliphatic carbocycles. The van der Waals surface area contributed by atoms with Crippen LogP contribution in [0.2, 0.25) is 0 Å². The van der Waals surface area contributed by atoms with E-state index in [4.69, 9.17) is 27.9 Å². The summed E-state index contributed by atoms with van der Waals surface area (Å²) in [4.78, 5) is 24.2. The van der Waals surface area contributed by atoms with Gasteiger partial charge < -0.3 is 9.64 Å². The number of halogens is 2. The minimum Gasteiger partial charge on any atom is -0.461 e. The number of carbonyl (C=O) groups excluding carboxylic acids is 2. The van der Waals surface area contributed by atoms with Gasteiger partial charge in [-0.05, 0) is 6.92 Å². The van der Waals surface area contributed by atoms with Crippen molar-refractivity contribution in [1.29, 1.82) is 0 Å². The van der Waals surface area contributed by atoms with E-state index in [0.29, 0.717) is 18.5 Å². The Morgan fingerprint density at radius 3 is 2.75 bits per heavy atom. The molecule has 1 aromatic rings. The van der Waals surface area contributed by atoms with Gasteiger partial charge in [0.25, 0.3) is 5.91 Å². The van der Waals surface area contributed by atoms with Crippen LogP contribution >= 0.6 is 23.2 Å². The van der Waals surface area contributed by atoms with Crippen LogP contribution in [0, 0.1) is 0 Å². The summed E-state index contributed by atoms with van der Waals surface area (Å²) in [6, 6.07) is 0. The molecule has 0 unspecified atom stereocenters. The number of esters is 1. The molecule has 110 valence electrons. The maximum atomic E-state index is 11.9. The summed E-state index contributed by atoms with van der Waals surface area (Å²) < 4.78 is 6.64. The first kappa shape index (κ1) is 15.1. The summed E-state index contributed by atoms with van der Waals surface area (Å²) in [5.41, 5.74) is 1.89. The zero-order valence-electron chi connectivity index (χ0n) is 11.2. The topological polar surface area (TPSA) is 64.4 Å². The Labute approximate surface area is 126 Å². The molecule has 0 spiro atoms. The summed E-state index contributed by atoms with van der Waals surface area (Å²) in [5, 5.41) is 4.19. The number of carbonyl (C=O) groups is 2. The van der Waals surface area contributed by atoms with Crippen molar-refractivity contribution < 1.29 is 14.3 Å². The molecular formula is C12H15Cl2N3O3. The van der Waals surface area contributed by atoms with Crippen LogP contribution in [-0.4, -0.2) is 44.5 Å². The summed E-state index contributed by atoms with van der Waals surface area (Å²) in [6.45, 7) is 2.78. The fourth-order valence-electron chi connectivity index (χ4n) is 2.28. The van der Waals surface area contributed by atoms with Gasteiger partial charge >= 0.3 is 5.97 Å². The fraction of sp³-hybridized carbons (Fsp3) is 0.583. The number of fused-ring (bicyclic) bond motifs is 1. The minimum atomic E-state index is -1.10. The van der Waals surface area contributed by atoms with Gasteiger partial charge in [0.2, 0.25) is 0 Å². The van der Waals surface area contributed by atoms with Gasteiger partial charge in [-0.15, -0.1) is 0 Å². The number of rotatable bonds is 3. The smallest absolute Gasteiger partial charge is 0.359 e. The summed E-state index contributed by atoms with van der Waals surface area (Å²) >= 11 is 11.2. The van der Waals surface area contributed by atoms with E-state index in [1.165, 1.54) is 4.90 Å². The molecule has 1 aromatic heterocycles. The first-order valence-electron chi connectivity index (χ1n) is 6.24. The molecule has 0 bridgehead atoms. The molecule has 2 rings (SSSR count). The van der Waals surface area contributed by atoms with Gasteiger partial charge in [0.05, 0.1) is 6.61 Å². The van der Waals surface area contributed by atoms with Crippen LogP contribution in [-0.2, 0) is 29.5 Å². The van der Waals surface area contributed by atoms with Crippen LogP contribution in [0.4, 0.5) is 0 Å². The van der Waals surface area contributed by atoms with Crippen molar-refractivity contribution >= 4 is 35.1 Å². The van der Waals surface area contributed by atoms with Gasteiger partial charge in [-0.3, -0.25) is 9.48 Å². The maximum absolute atomic E-state index is 11.9. The lowest BCUT2D eigenvalue weighted by atomic mass is 10.1. The second-order valence-corrected chi connectivity index (χ2v) is 5.52. The third kappa shape index (κ3) is 2.76. The fourth-order valence-corrected chi connectivity index (χ4v) is 2.56. The van der Waals surface area contributed by atoms with Gasteiger partial charge in [-0.1, -0.05) is 23.2 Å². The molecule has 0 atom stereocenters. The van der Waals surface area contributed by atoms with Crippen LogP contribution in [0.15, 0.2) is 0 Å². The molecule has 1 aliphatic heterocycles. The van der Waals surface area contributed by atoms with Gasteiger partial charge in [0, 0.05) is 37.8 Å². The second kappa shape index (κ2) is 6.01. The predicted molar refractivity (Wildman–Crippen MR) is 73.8 cm³/mol. The van der Waals surface area contributed by atoms with Crippen LogP contribution < -0.4 is 0 Å². The van der Waals surface area contributed by atoms with E-state index < -0.39 is 10.8 Å². The first-order chi connectivity index (χ1) is 9.45. The highest BCUT2D eigenvalue weighted by Gasteiger charge is 2.31. The standard InChI is InChI=1S/C12H15Cl2N3O3/c1-3-20-12(19)9-7-6-17(11(18)10(13)14)5-4-8(7)16(2)15-9/h10H,3-6H2,1-2H3. The number of hydrogen-bond donors (Lipinski definition) is 0. The Bertz CT molecular complexity index is 542. The van der Waals surface area contributed by atoms with Crippen molar-refractivity contribution in [3.63, 3.8) is 0 Å². The molecule has 1 amide bonds. The van der Waals surface area contributed by atoms with Crippen molar-refractivity contribution in [2.45, 2.75) is 24.7 Å². The Hall–Kier alpha value is -1.27. The first-order valence-corrected chi connectivity index (χ1v) is 7.11. The van der Waals surface area contributed by atoms with Crippen LogP contribution in [0.3, 0.4) is 0 Å². The van der Waals surface area contributed by atoms with Crippen molar-refractivity contribution in [3.05, 3.63) is 17.0 Å². The molecule has 2 heterocycles. The van der Waals surface area contributed by atoms with Crippen LogP contribution in [0.1, 0.15) is 28.7 Å². The summed E-state index contributed by atoms with van der Waals surface area (Å²) in [6.07, 6.45) is 0.602. The Balaban J connectivity index is 2.30.